The number of aryl methyl sites for hydroxylation is 1. The van der Waals surface area contributed by atoms with Crippen molar-refractivity contribution in [2.24, 2.45) is 7.05 Å². The van der Waals surface area contributed by atoms with Crippen LogP contribution in [0.1, 0.15) is 22.9 Å². The van der Waals surface area contributed by atoms with Crippen molar-refractivity contribution in [3.05, 3.63) is 41.5 Å². The molecule has 0 saturated carbocycles. The van der Waals surface area contributed by atoms with Gasteiger partial charge in [-0.1, -0.05) is 11.3 Å². The van der Waals surface area contributed by atoms with Gasteiger partial charge in [0.1, 0.15) is 5.69 Å². The van der Waals surface area contributed by atoms with Gasteiger partial charge in [-0.3, -0.25) is 14.6 Å². The number of hydrogen-bond donors (Lipinski definition) is 2. The lowest BCUT2D eigenvalue weighted by Crippen LogP contribution is -2.35. The minimum atomic E-state index is -5.08. The number of rotatable bonds is 4. The van der Waals surface area contributed by atoms with Gasteiger partial charge in [-0.05, 0) is 11.6 Å². The molecule has 1 aliphatic heterocycles. The van der Waals surface area contributed by atoms with Crippen molar-refractivity contribution in [2.75, 3.05) is 20.3 Å². The molecule has 1 atom stereocenters. The lowest BCUT2D eigenvalue weighted by molar-refractivity contribution is -0.193. The number of carbonyl (C=O) groups is 2. The molecule has 16 heteroatoms. The van der Waals surface area contributed by atoms with Crippen LogP contribution in [0, 0.1) is 0 Å². The summed E-state index contributed by atoms with van der Waals surface area (Å²) in [5.41, 5.74) is 3.48. The van der Waals surface area contributed by atoms with Gasteiger partial charge in [0.05, 0.1) is 12.3 Å². The van der Waals surface area contributed by atoms with Crippen LogP contribution in [0.5, 0.6) is 0 Å². The summed E-state index contributed by atoms with van der Waals surface area (Å²) in [5, 5.41) is 22.7. The van der Waals surface area contributed by atoms with Gasteiger partial charge in [0.25, 0.3) is 0 Å². The van der Waals surface area contributed by atoms with Crippen LogP contribution in [0.4, 0.5) is 26.3 Å². The van der Waals surface area contributed by atoms with Crippen molar-refractivity contribution in [1.29, 1.82) is 0 Å². The number of pyridine rings is 1. The first-order chi connectivity index (χ1) is 15.7. The maximum atomic E-state index is 10.6. The maximum Gasteiger partial charge on any atom is 0.490 e. The number of methoxy groups -OCH3 is 1. The van der Waals surface area contributed by atoms with E-state index in [-0.39, 0.29) is 0 Å². The quantitative estimate of drug-likeness (QED) is 0.606. The lowest BCUT2D eigenvalue weighted by Gasteiger charge is -2.31. The van der Waals surface area contributed by atoms with E-state index in [1.54, 1.807) is 13.3 Å². The maximum absolute atomic E-state index is 10.6. The molecule has 2 aromatic heterocycles. The molecule has 190 valence electrons. The Hall–Kier alpha value is -3.27. The fourth-order valence-corrected chi connectivity index (χ4v) is 2.90. The number of nitrogens with zero attached hydrogens (tertiary/aromatic N) is 5. The summed E-state index contributed by atoms with van der Waals surface area (Å²) < 4.78 is 70.7. The Balaban J connectivity index is 0.000000343. The van der Waals surface area contributed by atoms with Crippen LogP contribution in [-0.2, 0) is 34.5 Å². The Morgan fingerprint density at radius 1 is 1.15 bits per heavy atom. The standard InChI is InChI=1S/C14H19N5O.2C2HF3O2/c1-18-14-12(10-20-2)8-19(9-13(14)16-17-18)7-11-4-3-5-15-6-11;2*3-2(4,5)1(6)7/h3-6,12H,7-10H2,1-2H3;2*(H,6,7). The van der Waals surface area contributed by atoms with Gasteiger partial charge in [-0.25, -0.2) is 9.59 Å². The fraction of sp³-hybridized carbons (Fsp3) is 0.500. The lowest BCUT2D eigenvalue weighted by atomic mass is 9.98. The number of carboxylic acids is 2. The molecule has 0 saturated heterocycles. The summed E-state index contributed by atoms with van der Waals surface area (Å²) in [5.74, 6) is -5.19. The number of aliphatic carboxylic acids is 2. The van der Waals surface area contributed by atoms with Crippen LogP contribution < -0.4 is 0 Å². The molecule has 34 heavy (non-hydrogen) atoms. The summed E-state index contributed by atoms with van der Waals surface area (Å²) in [6.45, 7) is 3.36. The first-order valence-electron chi connectivity index (χ1n) is 9.25. The monoisotopic (exact) mass is 501 g/mol. The summed E-state index contributed by atoms with van der Waals surface area (Å²) in [6.07, 6.45) is -6.45. The van der Waals surface area contributed by atoms with E-state index in [1.165, 1.54) is 11.3 Å². The second kappa shape index (κ2) is 12.3. The minimum absolute atomic E-state index is 0.320. The predicted molar refractivity (Wildman–Crippen MR) is 101 cm³/mol. The SMILES string of the molecule is COCC1CN(Cc2cccnc2)Cc2nnn(C)c21.O=C(O)C(F)(F)F.O=C(O)C(F)(F)F. The predicted octanol–water partition coefficient (Wildman–Crippen LogP) is 2.22. The number of alkyl halides is 6. The average molecular weight is 501 g/mol. The van der Waals surface area contributed by atoms with Crippen molar-refractivity contribution in [2.45, 2.75) is 31.4 Å². The average Bonchev–Trinajstić information content (AvgIpc) is 3.09. The molecule has 0 aromatic carbocycles. The van der Waals surface area contributed by atoms with Crippen LogP contribution in [-0.4, -0.2) is 79.6 Å². The van der Waals surface area contributed by atoms with Gasteiger partial charge in [0.15, 0.2) is 0 Å². The first kappa shape index (κ1) is 28.8. The summed E-state index contributed by atoms with van der Waals surface area (Å²) in [7, 11) is 3.69. The summed E-state index contributed by atoms with van der Waals surface area (Å²) in [6, 6.07) is 4.07. The third-order valence-corrected chi connectivity index (χ3v) is 4.16. The van der Waals surface area contributed by atoms with Gasteiger partial charge in [-0.15, -0.1) is 5.10 Å². The molecule has 0 amide bonds. The fourth-order valence-electron chi connectivity index (χ4n) is 2.90. The third kappa shape index (κ3) is 9.30. The first-order valence-corrected chi connectivity index (χ1v) is 9.25. The van der Waals surface area contributed by atoms with Crippen molar-refractivity contribution in [3.63, 3.8) is 0 Å². The largest absolute Gasteiger partial charge is 0.490 e. The zero-order valence-electron chi connectivity index (χ0n) is 17.8. The van der Waals surface area contributed by atoms with E-state index in [9.17, 15) is 26.3 Å². The third-order valence-electron chi connectivity index (χ3n) is 4.16. The molecule has 3 rings (SSSR count). The van der Waals surface area contributed by atoms with E-state index in [2.05, 4.69) is 26.3 Å². The molecule has 1 aliphatic rings. The molecular weight excluding hydrogens is 480 g/mol. The highest BCUT2D eigenvalue weighted by Gasteiger charge is 2.38. The summed E-state index contributed by atoms with van der Waals surface area (Å²) >= 11 is 0. The normalized spacial score (nSPS) is 15.8. The Kier molecular flexibility index (Phi) is 10.4. The van der Waals surface area contributed by atoms with Crippen LogP contribution in [0.25, 0.3) is 0 Å². The highest BCUT2D eigenvalue weighted by Crippen LogP contribution is 2.27. The molecule has 0 aliphatic carbocycles. The Morgan fingerprint density at radius 2 is 1.71 bits per heavy atom. The number of fused-ring (bicyclic) bond motifs is 1. The highest BCUT2D eigenvalue weighted by molar-refractivity contribution is 5.73. The van der Waals surface area contributed by atoms with Crippen LogP contribution in [0.3, 0.4) is 0 Å². The summed E-state index contributed by atoms with van der Waals surface area (Å²) in [4.78, 5) is 24.3. The number of aromatic nitrogens is 4. The zero-order valence-corrected chi connectivity index (χ0v) is 17.8. The van der Waals surface area contributed by atoms with Crippen molar-refractivity contribution in [1.82, 2.24) is 24.9 Å². The molecule has 0 fully saturated rings. The molecule has 10 nitrogen and oxygen atoms in total. The second-order valence-corrected chi connectivity index (χ2v) is 6.83. The molecule has 0 bridgehead atoms. The molecule has 2 N–H and O–H groups in total. The minimum Gasteiger partial charge on any atom is -0.475 e. The number of halogens is 6. The number of carboxylic acid groups (broad SMARTS) is 2. The Morgan fingerprint density at radius 3 is 2.15 bits per heavy atom. The number of ether oxygens (including phenoxy) is 1. The van der Waals surface area contributed by atoms with E-state index in [0.717, 1.165) is 25.3 Å². The molecule has 0 radical (unpaired) electrons. The van der Waals surface area contributed by atoms with E-state index in [0.29, 0.717) is 12.5 Å². The van der Waals surface area contributed by atoms with Gasteiger partial charge >= 0.3 is 24.3 Å². The van der Waals surface area contributed by atoms with E-state index in [1.807, 2.05) is 24.0 Å². The Bertz CT molecular complexity index is 912. The van der Waals surface area contributed by atoms with Gasteiger partial charge < -0.3 is 14.9 Å². The van der Waals surface area contributed by atoms with Gasteiger partial charge in [0.2, 0.25) is 0 Å². The molecule has 2 aromatic rings. The zero-order chi connectivity index (χ0) is 26.1. The van der Waals surface area contributed by atoms with Crippen molar-refractivity contribution in [3.8, 4) is 0 Å². The molecule has 1 unspecified atom stereocenters. The topological polar surface area (TPSA) is 131 Å². The van der Waals surface area contributed by atoms with Gasteiger partial charge in [0, 0.05) is 52.1 Å². The van der Waals surface area contributed by atoms with Crippen molar-refractivity contribution < 1.29 is 50.9 Å². The van der Waals surface area contributed by atoms with E-state index < -0.39 is 24.3 Å². The second-order valence-electron chi connectivity index (χ2n) is 6.83. The van der Waals surface area contributed by atoms with Gasteiger partial charge in [-0.2, -0.15) is 26.3 Å². The van der Waals surface area contributed by atoms with E-state index >= 15 is 0 Å². The van der Waals surface area contributed by atoms with Crippen LogP contribution in [0.2, 0.25) is 0 Å². The molecule has 0 spiro atoms. The molecular formula is C18H21F6N5O5. The smallest absolute Gasteiger partial charge is 0.475 e. The highest BCUT2D eigenvalue weighted by atomic mass is 19.4. The van der Waals surface area contributed by atoms with Crippen molar-refractivity contribution >= 4 is 11.9 Å². The molecule has 3 heterocycles. The van der Waals surface area contributed by atoms with Crippen LogP contribution in [0.15, 0.2) is 24.5 Å². The van der Waals surface area contributed by atoms with Crippen LogP contribution >= 0.6 is 0 Å². The van der Waals surface area contributed by atoms with E-state index in [4.69, 9.17) is 24.5 Å². The Labute approximate surface area is 188 Å². The number of hydrogen-bond acceptors (Lipinski definition) is 7.